The monoisotopic (exact) mass is 540 g/mol. The molecule has 0 unspecified atom stereocenters. The Morgan fingerprint density at radius 1 is 1.09 bits per heavy atom. The molecule has 1 N–H and O–H groups in total. The van der Waals surface area contributed by atoms with Crippen LogP contribution >= 0.6 is 27.5 Å². The zero-order chi connectivity index (χ0) is 24.2. The topological polar surface area (TPSA) is 67.9 Å². The van der Waals surface area contributed by atoms with Crippen molar-refractivity contribution in [2.24, 2.45) is 0 Å². The molecule has 0 spiro atoms. The lowest BCUT2D eigenvalue weighted by Crippen LogP contribution is -2.30. The molecule has 0 aliphatic carbocycles. The minimum atomic E-state index is -0.455. The molecule has 3 amide bonds. The fourth-order valence-corrected chi connectivity index (χ4v) is 4.37. The highest BCUT2D eigenvalue weighted by atomic mass is 79.9. The summed E-state index contributed by atoms with van der Waals surface area (Å²) in [6.07, 6.45) is 1.61. The Bertz CT molecular complexity index is 1290. The summed E-state index contributed by atoms with van der Waals surface area (Å²) in [7, 11) is 1.53. The first kappa shape index (κ1) is 23.9. The Hall–Kier alpha value is -3.29. The average molecular weight is 542 g/mol. The number of amides is 3. The van der Waals surface area contributed by atoms with Crippen LogP contribution in [0.1, 0.15) is 22.3 Å². The molecule has 34 heavy (non-hydrogen) atoms. The van der Waals surface area contributed by atoms with E-state index in [4.69, 9.17) is 21.1 Å². The van der Waals surface area contributed by atoms with Crippen LogP contribution in [0.2, 0.25) is 5.02 Å². The third kappa shape index (κ3) is 5.26. The quantitative estimate of drug-likeness (QED) is 0.290. The number of ether oxygens (including phenoxy) is 2. The molecular formula is C26H22BrClN2O4. The highest BCUT2D eigenvalue weighted by molar-refractivity contribution is 9.10. The van der Waals surface area contributed by atoms with Crippen molar-refractivity contribution in [2.45, 2.75) is 20.1 Å². The Balaban J connectivity index is 1.54. The van der Waals surface area contributed by atoms with Crippen molar-refractivity contribution in [2.75, 3.05) is 7.11 Å². The van der Waals surface area contributed by atoms with E-state index < -0.39 is 6.03 Å². The number of nitrogens with zero attached hydrogens (tertiary/aromatic N) is 1. The first-order valence-corrected chi connectivity index (χ1v) is 11.7. The summed E-state index contributed by atoms with van der Waals surface area (Å²) >= 11 is 9.74. The highest BCUT2D eigenvalue weighted by Gasteiger charge is 2.33. The van der Waals surface area contributed by atoms with Gasteiger partial charge in [-0.3, -0.25) is 9.69 Å². The van der Waals surface area contributed by atoms with Crippen LogP contribution in [-0.4, -0.2) is 23.9 Å². The Labute approximate surface area is 211 Å². The third-order valence-electron chi connectivity index (χ3n) is 5.28. The van der Waals surface area contributed by atoms with E-state index in [1.54, 1.807) is 24.3 Å². The van der Waals surface area contributed by atoms with Gasteiger partial charge in [0, 0.05) is 10.6 Å². The van der Waals surface area contributed by atoms with Crippen LogP contribution in [0, 0.1) is 6.92 Å². The summed E-state index contributed by atoms with van der Waals surface area (Å²) in [6, 6.07) is 18.2. The maximum atomic E-state index is 12.9. The molecule has 1 fully saturated rings. The van der Waals surface area contributed by atoms with Crippen molar-refractivity contribution in [1.29, 1.82) is 0 Å². The van der Waals surface area contributed by atoms with Gasteiger partial charge >= 0.3 is 6.03 Å². The smallest absolute Gasteiger partial charge is 0.329 e. The predicted octanol–water partition coefficient (Wildman–Crippen LogP) is 6.09. The number of rotatable bonds is 7. The summed E-state index contributed by atoms with van der Waals surface area (Å²) in [5.74, 6) is 0.592. The zero-order valence-corrected chi connectivity index (χ0v) is 20.9. The summed E-state index contributed by atoms with van der Waals surface area (Å²) in [4.78, 5) is 26.5. The van der Waals surface area contributed by atoms with Crippen molar-refractivity contribution in [3.05, 3.63) is 98.1 Å². The molecule has 0 saturated carbocycles. The van der Waals surface area contributed by atoms with Crippen LogP contribution in [0.5, 0.6) is 11.5 Å². The lowest BCUT2D eigenvalue weighted by atomic mass is 10.1. The van der Waals surface area contributed by atoms with Crippen molar-refractivity contribution >= 4 is 45.5 Å². The Morgan fingerprint density at radius 3 is 2.62 bits per heavy atom. The Morgan fingerprint density at radius 2 is 1.88 bits per heavy atom. The van der Waals surface area contributed by atoms with Gasteiger partial charge in [-0.1, -0.05) is 59.6 Å². The average Bonchev–Trinajstić information content (AvgIpc) is 3.06. The molecule has 8 heteroatoms. The van der Waals surface area contributed by atoms with Crippen LogP contribution in [0.25, 0.3) is 6.08 Å². The number of hydrogen-bond acceptors (Lipinski definition) is 4. The van der Waals surface area contributed by atoms with Crippen molar-refractivity contribution in [3.8, 4) is 11.5 Å². The van der Waals surface area contributed by atoms with Gasteiger partial charge in [-0.05, 0) is 58.3 Å². The molecule has 1 saturated heterocycles. The fourth-order valence-electron chi connectivity index (χ4n) is 3.60. The van der Waals surface area contributed by atoms with Gasteiger partial charge < -0.3 is 14.8 Å². The molecule has 0 radical (unpaired) electrons. The Kier molecular flexibility index (Phi) is 7.24. The molecule has 0 bridgehead atoms. The zero-order valence-electron chi connectivity index (χ0n) is 18.6. The van der Waals surface area contributed by atoms with Gasteiger partial charge in [0.05, 0.1) is 18.1 Å². The van der Waals surface area contributed by atoms with Crippen LogP contribution in [-0.2, 0) is 17.9 Å². The molecule has 0 aromatic heterocycles. The molecule has 6 nitrogen and oxygen atoms in total. The lowest BCUT2D eigenvalue weighted by molar-refractivity contribution is -0.123. The van der Waals surface area contributed by atoms with Gasteiger partial charge in [0.25, 0.3) is 5.91 Å². The summed E-state index contributed by atoms with van der Waals surface area (Å²) in [6.45, 7) is 2.43. The summed E-state index contributed by atoms with van der Waals surface area (Å²) in [5.41, 5.74) is 3.65. The van der Waals surface area contributed by atoms with E-state index in [1.165, 1.54) is 12.0 Å². The number of urea groups is 1. The van der Waals surface area contributed by atoms with Crippen LogP contribution in [0.15, 0.2) is 70.8 Å². The number of halogens is 2. The minimum absolute atomic E-state index is 0.191. The highest BCUT2D eigenvalue weighted by Crippen LogP contribution is 2.38. The van der Waals surface area contributed by atoms with Gasteiger partial charge in [-0.25, -0.2) is 4.79 Å². The maximum absolute atomic E-state index is 12.9. The standard InChI is InChI=1S/C26H22BrClN2O4/c1-16-6-5-7-17(10-16)14-30-25(31)22(29-26(30)32)12-18-11-20(27)24(23(13-18)33-2)34-15-19-8-3-4-9-21(19)28/h3-13H,14-15H2,1-2H3,(H,29,32)/b22-12-. The van der Waals surface area contributed by atoms with E-state index >= 15 is 0 Å². The molecule has 1 aliphatic heterocycles. The van der Waals surface area contributed by atoms with Crippen LogP contribution in [0.3, 0.4) is 0 Å². The molecule has 3 aromatic rings. The van der Waals surface area contributed by atoms with Crippen molar-refractivity contribution in [1.82, 2.24) is 10.2 Å². The number of methoxy groups -OCH3 is 1. The minimum Gasteiger partial charge on any atom is -0.493 e. The van der Waals surface area contributed by atoms with E-state index in [1.807, 2.05) is 49.4 Å². The molecule has 1 aliphatic rings. The summed E-state index contributed by atoms with van der Waals surface area (Å²) < 4.78 is 12.1. The summed E-state index contributed by atoms with van der Waals surface area (Å²) in [5, 5.41) is 3.27. The second-order valence-electron chi connectivity index (χ2n) is 7.78. The third-order valence-corrected chi connectivity index (χ3v) is 6.24. The molecule has 4 rings (SSSR count). The van der Waals surface area contributed by atoms with Gasteiger partial charge in [0.15, 0.2) is 11.5 Å². The molecule has 174 valence electrons. The van der Waals surface area contributed by atoms with Gasteiger partial charge in [-0.2, -0.15) is 0 Å². The largest absolute Gasteiger partial charge is 0.493 e. The number of hydrogen-bond donors (Lipinski definition) is 1. The second kappa shape index (κ2) is 10.3. The van der Waals surface area contributed by atoms with Crippen molar-refractivity contribution in [3.63, 3.8) is 0 Å². The molecule has 1 heterocycles. The first-order chi connectivity index (χ1) is 16.4. The number of nitrogens with one attached hydrogen (secondary N) is 1. The van der Waals surface area contributed by atoms with E-state index in [9.17, 15) is 9.59 Å². The number of imide groups is 1. The van der Waals surface area contributed by atoms with Crippen LogP contribution in [0.4, 0.5) is 4.79 Å². The van der Waals surface area contributed by atoms with Gasteiger partial charge in [0.2, 0.25) is 0 Å². The van der Waals surface area contributed by atoms with Gasteiger partial charge in [-0.15, -0.1) is 0 Å². The number of carbonyl (C=O) groups excluding carboxylic acids is 2. The first-order valence-electron chi connectivity index (χ1n) is 10.5. The second-order valence-corrected chi connectivity index (χ2v) is 9.04. The SMILES string of the molecule is COc1cc(/C=C2\NC(=O)N(Cc3cccc(C)c3)C2=O)cc(Br)c1OCc1ccccc1Cl. The van der Waals surface area contributed by atoms with E-state index in [2.05, 4.69) is 21.2 Å². The van der Waals surface area contributed by atoms with Crippen LogP contribution < -0.4 is 14.8 Å². The normalized spacial score (nSPS) is 14.5. The number of benzene rings is 3. The van der Waals surface area contributed by atoms with Crippen molar-refractivity contribution < 1.29 is 19.1 Å². The van der Waals surface area contributed by atoms with E-state index in [0.29, 0.717) is 26.6 Å². The van der Waals surface area contributed by atoms with E-state index in [-0.39, 0.29) is 24.8 Å². The predicted molar refractivity (Wildman–Crippen MR) is 135 cm³/mol. The number of carbonyl (C=O) groups is 2. The molecule has 0 atom stereocenters. The maximum Gasteiger partial charge on any atom is 0.329 e. The number of aryl methyl sites for hydroxylation is 1. The van der Waals surface area contributed by atoms with E-state index in [0.717, 1.165) is 16.7 Å². The molecular weight excluding hydrogens is 520 g/mol. The lowest BCUT2D eigenvalue weighted by Gasteiger charge is -2.14. The molecule has 3 aromatic carbocycles. The van der Waals surface area contributed by atoms with Gasteiger partial charge in [0.1, 0.15) is 12.3 Å². The fraction of sp³-hybridized carbons (Fsp3) is 0.154.